The van der Waals surface area contributed by atoms with Gasteiger partial charge >= 0.3 is 5.97 Å². The maximum Gasteiger partial charge on any atom is 0.335 e. The molecule has 0 aromatic heterocycles. The van der Waals surface area contributed by atoms with E-state index in [1.807, 2.05) is 0 Å². The molecule has 1 fully saturated rings. The third kappa shape index (κ3) is 3.12. The number of carboxylic acids is 1. The van der Waals surface area contributed by atoms with Crippen LogP contribution in [0.15, 0.2) is 0 Å². The predicted octanol–water partition coefficient (Wildman–Crippen LogP) is -2.72. The van der Waals surface area contributed by atoms with E-state index >= 15 is 0 Å². The van der Waals surface area contributed by atoms with Gasteiger partial charge in [-0.2, -0.15) is 0 Å². The first-order valence-corrected chi connectivity index (χ1v) is 5.07. The van der Waals surface area contributed by atoms with Gasteiger partial charge in [-0.25, -0.2) is 4.79 Å². The van der Waals surface area contributed by atoms with Gasteiger partial charge in [0.15, 0.2) is 12.4 Å². The third-order valence-corrected chi connectivity index (χ3v) is 2.44. The molecule has 6 atom stereocenters. The average Bonchev–Trinajstić information content (AvgIpc) is 2.29. The molecular formula is C9H16O8. The number of aliphatic hydroxyl groups is 4. The Hall–Kier alpha value is -0.770. The van der Waals surface area contributed by atoms with Gasteiger partial charge in [-0.3, -0.25) is 0 Å². The van der Waals surface area contributed by atoms with Crippen molar-refractivity contribution in [1.29, 1.82) is 0 Å². The molecule has 1 aliphatic heterocycles. The Labute approximate surface area is 97.0 Å². The van der Waals surface area contributed by atoms with Crippen LogP contribution < -0.4 is 0 Å². The van der Waals surface area contributed by atoms with Crippen LogP contribution in [-0.4, -0.2) is 74.9 Å². The molecule has 3 unspecified atom stereocenters. The van der Waals surface area contributed by atoms with Crippen molar-refractivity contribution in [3.63, 3.8) is 0 Å². The van der Waals surface area contributed by atoms with E-state index in [2.05, 4.69) is 0 Å². The zero-order valence-electron chi connectivity index (χ0n) is 9.13. The quantitative estimate of drug-likeness (QED) is 0.364. The minimum Gasteiger partial charge on any atom is -0.479 e. The summed E-state index contributed by atoms with van der Waals surface area (Å²) in [5, 5.41) is 45.8. The second-order valence-electron chi connectivity index (χ2n) is 3.86. The standard InChI is InChI=1S/C9H16O8/c1-3(2-10)16-9-6(13)4(11)5(12)7(17-9)8(14)15/h3-7,9-13H,2H2,1H3,(H,14,15)/t3?,4?,5-,6+,7?,9-/m1/s1. The van der Waals surface area contributed by atoms with E-state index in [0.717, 1.165) is 0 Å². The average molecular weight is 252 g/mol. The summed E-state index contributed by atoms with van der Waals surface area (Å²) in [5.74, 6) is -1.48. The van der Waals surface area contributed by atoms with Crippen LogP contribution in [0.1, 0.15) is 6.92 Å². The first-order valence-electron chi connectivity index (χ1n) is 5.07. The summed E-state index contributed by atoms with van der Waals surface area (Å²) in [6.07, 6.45) is -8.84. The molecule has 0 aliphatic carbocycles. The van der Waals surface area contributed by atoms with E-state index in [0.29, 0.717) is 0 Å². The highest BCUT2D eigenvalue weighted by atomic mass is 16.7. The maximum atomic E-state index is 10.7. The molecule has 0 aromatic carbocycles. The van der Waals surface area contributed by atoms with Crippen LogP contribution in [0.2, 0.25) is 0 Å². The Bertz CT molecular complexity index is 270. The van der Waals surface area contributed by atoms with Crippen molar-refractivity contribution in [2.75, 3.05) is 6.61 Å². The first-order chi connectivity index (χ1) is 7.88. The molecule has 0 aromatic rings. The predicted molar refractivity (Wildman–Crippen MR) is 52.0 cm³/mol. The molecule has 17 heavy (non-hydrogen) atoms. The lowest BCUT2D eigenvalue weighted by Crippen LogP contribution is -2.60. The number of hydrogen-bond acceptors (Lipinski definition) is 7. The molecule has 0 amide bonds. The molecule has 1 aliphatic rings. The van der Waals surface area contributed by atoms with Gasteiger partial charge in [0.05, 0.1) is 12.7 Å². The topological polar surface area (TPSA) is 137 Å². The normalized spacial score (nSPS) is 39.9. The number of aliphatic carboxylic acids is 1. The number of rotatable bonds is 4. The molecule has 1 heterocycles. The largest absolute Gasteiger partial charge is 0.479 e. The fraction of sp³-hybridized carbons (Fsp3) is 0.889. The van der Waals surface area contributed by atoms with E-state index in [9.17, 15) is 20.1 Å². The molecule has 8 nitrogen and oxygen atoms in total. The minimum atomic E-state index is -1.74. The van der Waals surface area contributed by atoms with Crippen LogP contribution in [0.3, 0.4) is 0 Å². The highest BCUT2D eigenvalue weighted by Crippen LogP contribution is 2.23. The van der Waals surface area contributed by atoms with E-state index in [-0.39, 0.29) is 6.61 Å². The van der Waals surface area contributed by atoms with Crippen molar-refractivity contribution < 1.29 is 39.8 Å². The van der Waals surface area contributed by atoms with E-state index in [1.165, 1.54) is 6.92 Å². The fourth-order valence-corrected chi connectivity index (χ4v) is 1.44. The monoisotopic (exact) mass is 252 g/mol. The van der Waals surface area contributed by atoms with Gasteiger partial charge in [0.1, 0.15) is 18.3 Å². The van der Waals surface area contributed by atoms with Gasteiger partial charge in [0.25, 0.3) is 0 Å². The number of hydrogen-bond donors (Lipinski definition) is 5. The molecule has 0 saturated carbocycles. The van der Waals surface area contributed by atoms with Gasteiger partial charge in [-0.05, 0) is 6.92 Å². The summed E-state index contributed by atoms with van der Waals surface area (Å²) in [4.78, 5) is 10.7. The zero-order valence-corrected chi connectivity index (χ0v) is 9.13. The van der Waals surface area contributed by atoms with Gasteiger partial charge in [0, 0.05) is 0 Å². The molecule has 0 radical (unpaired) electrons. The molecule has 1 saturated heterocycles. The fourth-order valence-electron chi connectivity index (χ4n) is 1.44. The van der Waals surface area contributed by atoms with E-state index < -0.39 is 42.8 Å². The summed E-state index contributed by atoms with van der Waals surface area (Å²) in [5.41, 5.74) is 0. The van der Waals surface area contributed by atoms with Crippen molar-refractivity contribution >= 4 is 5.97 Å². The smallest absolute Gasteiger partial charge is 0.335 e. The number of carbonyl (C=O) groups is 1. The van der Waals surface area contributed by atoms with Crippen molar-refractivity contribution in [1.82, 2.24) is 0 Å². The van der Waals surface area contributed by atoms with Gasteiger partial charge in [-0.1, -0.05) is 0 Å². The van der Waals surface area contributed by atoms with Crippen molar-refractivity contribution in [3.05, 3.63) is 0 Å². The molecule has 1 rings (SSSR count). The Kier molecular flexibility index (Phi) is 4.80. The van der Waals surface area contributed by atoms with E-state index in [1.54, 1.807) is 0 Å². The Balaban J connectivity index is 2.74. The Morgan fingerprint density at radius 2 is 1.88 bits per heavy atom. The van der Waals surface area contributed by atoms with Crippen molar-refractivity contribution in [3.8, 4) is 0 Å². The molecule has 100 valence electrons. The SMILES string of the molecule is CC(CO)O[C@@H]1OC(C(=O)O)[C@H](O)C(O)[C@@H]1O. The second-order valence-corrected chi connectivity index (χ2v) is 3.86. The van der Waals surface area contributed by atoms with Crippen LogP contribution in [0, 0.1) is 0 Å². The highest BCUT2D eigenvalue weighted by Gasteiger charge is 2.47. The molecule has 8 heteroatoms. The zero-order chi connectivity index (χ0) is 13.2. The van der Waals surface area contributed by atoms with Crippen molar-refractivity contribution in [2.24, 2.45) is 0 Å². The third-order valence-electron chi connectivity index (χ3n) is 2.44. The lowest BCUT2D eigenvalue weighted by molar-refractivity contribution is -0.304. The lowest BCUT2D eigenvalue weighted by atomic mass is 9.99. The van der Waals surface area contributed by atoms with Gasteiger partial charge in [0.2, 0.25) is 0 Å². The Morgan fingerprint density at radius 3 is 2.35 bits per heavy atom. The van der Waals surface area contributed by atoms with Gasteiger partial charge < -0.3 is 35.0 Å². The van der Waals surface area contributed by atoms with Crippen LogP contribution >= 0.6 is 0 Å². The molecule has 0 spiro atoms. The lowest BCUT2D eigenvalue weighted by Gasteiger charge is -2.39. The summed E-state index contributed by atoms with van der Waals surface area (Å²) in [7, 11) is 0. The summed E-state index contributed by atoms with van der Waals surface area (Å²) < 4.78 is 9.82. The van der Waals surface area contributed by atoms with Crippen molar-refractivity contribution in [2.45, 2.75) is 43.7 Å². The van der Waals surface area contributed by atoms with E-state index in [4.69, 9.17) is 19.7 Å². The number of aliphatic hydroxyl groups excluding tert-OH is 4. The highest BCUT2D eigenvalue weighted by molar-refractivity contribution is 5.73. The maximum absolute atomic E-state index is 10.7. The molecule has 0 bridgehead atoms. The van der Waals surface area contributed by atoms with Crippen LogP contribution in [-0.2, 0) is 14.3 Å². The summed E-state index contributed by atoms with van der Waals surface area (Å²) in [6.45, 7) is 1.12. The van der Waals surface area contributed by atoms with Crippen LogP contribution in [0.25, 0.3) is 0 Å². The molecule has 5 N–H and O–H groups in total. The van der Waals surface area contributed by atoms with Crippen LogP contribution in [0.4, 0.5) is 0 Å². The minimum absolute atomic E-state index is 0.358. The summed E-state index contributed by atoms with van der Waals surface area (Å²) >= 11 is 0. The molecular weight excluding hydrogens is 236 g/mol. The Morgan fingerprint density at radius 1 is 1.29 bits per heavy atom. The van der Waals surface area contributed by atoms with Gasteiger partial charge in [-0.15, -0.1) is 0 Å². The number of ether oxygens (including phenoxy) is 2. The summed E-state index contributed by atoms with van der Waals surface area (Å²) in [6, 6.07) is 0. The number of carboxylic acid groups (broad SMARTS) is 1. The first kappa shape index (κ1) is 14.3. The van der Waals surface area contributed by atoms with Crippen LogP contribution in [0.5, 0.6) is 0 Å². The second kappa shape index (κ2) is 5.71.